The van der Waals surface area contributed by atoms with Crippen molar-refractivity contribution in [3.8, 4) is 0 Å². The van der Waals surface area contributed by atoms with Gasteiger partial charge in [-0.3, -0.25) is 5.32 Å². The molecule has 13 heavy (non-hydrogen) atoms. The van der Waals surface area contributed by atoms with E-state index in [0.29, 0.717) is 0 Å². The van der Waals surface area contributed by atoms with Crippen LogP contribution in [0.15, 0.2) is 0 Å². The van der Waals surface area contributed by atoms with E-state index >= 15 is 0 Å². The van der Waals surface area contributed by atoms with Crippen molar-refractivity contribution in [1.82, 2.24) is 5.32 Å². The molecule has 0 heterocycles. The monoisotopic (exact) mass is 187 g/mol. The summed E-state index contributed by atoms with van der Waals surface area (Å²) in [5, 5.41) is 12.3. The van der Waals surface area contributed by atoms with Crippen molar-refractivity contribution in [3.63, 3.8) is 0 Å². The van der Waals surface area contributed by atoms with Crippen LogP contribution < -0.4 is 5.32 Å². The number of aliphatic hydroxyl groups is 1. The van der Waals surface area contributed by atoms with Gasteiger partial charge in [0.15, 0.2) is 0 Å². The summed E-state index contributed by atoms with van der Waals surface area (Å²) in [6.45, 7) is 5.11. The Labute approximate surface area is 82.7 Å². The number of nitrogens with one attached hydrogen (secondary N) is 1. The molecule has 0 radical (unpaired) electrons. The van der Waals surface area contributed by atoms with Crippen LogP contribution in [0.4, 0.5) is 0 Å². The highest BCUT2D eigenvalue weighted by atomic mass is 16.3. The molecule has 0 spiro atoms. The van der Waals surface area contributed by atoms with Crippen LogP contribution in [-0.4, -0.2) is 17.9 Å². The third-order valence-corrected chi connectivity index (χ3v) is 2.27. The number of aliphatic hydroxyl groups excluding tert-OH is 1. The minimum absolute atomic E-state index is 0.281. The predicted octanol–water partition coefficient (Wildman–Crippen LogP) is 2.66. The summed E-state index contributed by atoms with van der Waals surface area (Å²) in [6.07, 6.45) is 8.38. The van der Waals surface area contributed by atoms with Crippen molar-refractivity contribution in [2.75, 3.05) is 6.54 Å². The van der Waals surface area contributed by atoms with Crippen molar-refractivity contribution < 1.29 is 5.11 Å². The average Bonchev–Trinajstić information content (AvgIpc) is 2.11. The van der Waals surface area contributed by atoms with Gasteiger partial charge in [0, 0.05) is 0 Å². The second-order valence-corrected chi connectivity index (χ2v) is 3.63. The first-order valence-electron chi connectivity index (χ1n) is 5.72. The first-order chi connectivity index (χ1) is 6.31. The Morgan fingerprint density at radius 1 is 1.00 bits per heavy atom. The normalized spacial score (nSPS) is 13.2. The van der Waals surface area contributed by atoms with Gasteiger partial charge in [-0.25, -0.2) is 0 Å². The Kier molecular flexibility index (Phi) is 9.94. The second-order valence-electron chi connectivity index (χ2n) is 3.63. The summed E-state index contributed by atoms with van der Waals surface area (Å²) in [5.74, 6) is 0. The second kappa shape index (κ2) is 10.0. The molecule has 0 aliphatic rings. The molecule has 0 saturated carbocycles. The van der Waals surface area contributed by atoms with Gasteiger partial charge in [-0.15, -0.1) is 0 Å². The number of hydrogen-bond donors (Lipinski definition) is 2. The van der Waals surface area contributed by atoms with Crippen LogP contribution in [0.3, 0.4) is 0 Å². The summed E-state index contributed by atoms with van der Waals surface area (Å²) in [4.78, 5) is 0. The van der Waals surface area contributed by atoms with Crippen LogP contribution in [0.5, 0.6) is 0 Å². The van der Waals surface area contributed by atoms with E-state index in [4.69, 9.17) is 0 Å². The first kappa shape index (κ1) is 12.9. The molecule has 0 aromatic carbocycles. The topological polar surface area (TPSA) is 32.3 Å². The molecule has 0 fully saturated rings. The maximum absolute atomic E-state index is 9.34. The zero-order valence-corrected chi connectivity index (χ0v) is 9.18. The summed E-state index contributed by atoms with van der Waals surface area (Å²) >= 11 is 0. The lowest BCUT2D eigenvalue weighted by Gasteiger charge is -2.10. The fourth-order valence-corrected chi connectivity index (χ4v) is 1.46. The summed E-state index contributed by atoms with van der Waals surface area (Å²) in [7, 11) is 0. The Hall–Kier alpha value is -0.0800. The van der Waals surface area contributed by atoms with Crippen molar-refractivity contribution in [2.45, 2.75) is 65.0 Å². The Morgan fingerprint density at radius 3 is 2.23 bits per heavy atom. The molecular formula is C11H25NO. The molecule has 0 amide bonds. The van der Waals surface area contributed by atoms with Crippen LogP contribution in [0.1, 0.15) is 58.8 Å². The van der Waals surface area contributed by atoms with E-state index in [0.717, 1.165) is 19.4 Å². The van der Waals surface area contributed by atoms with E-state index in [1.54, 1.807) is 0 Å². The lowest BCUT2D eigenvalue weighted by molar-refractivity contribution is 0.126. The molecule has 0 bridgehead atoms. The highest BCUT2D eigenvalue weighted by Gasteiger charge is 1.99. The first-order valence-corrected chi connectivity index (χ1v) is 5.72. The van der Waals surface area contributed by atoms with Crippen LogP contribution in [-0.2, 0) is 0 Å². The zero-order chi connectivity index (χ0) is 9.94. The van der Waals surface area contributed by atoms with Gasteiger partial charge >= 0.3 is 0 Å². The lowest BCUT2D eigenvalue weighted by atomic mass is 10.1. The van der Waals surface area contributed by atoms with Crippen molar-refractivity contribution >= 4 is 0 Å². The third-order valence-electron chi connectivity index (χ3n) is 2.27. The van der Waals surface area contributed by atoms with Crippen molar-refractivity contribution in [1.29, 1.82) is 0 Å². The van der Waals surface area contributed by atoms with Crippen LogP contribution in [0, 0.1) is 0 Å². The molecular weight excluding hydrogens is 162 g/mol. The Morgan fingerprint density at radius 2 is 1.62 bits per heavy atom. The van der Waals surface area contributed by atoms with Gasteiger partial charge < -0.3 is 5.11 Å². The summed E-state index contributed by atoms with van der Waals surface area (Å²) in [6, 6.07) is 0. The van der Waals surface area contributed by atoms with Gasteiger partial charge in [0.1, 0.15) is 6.23 Å². The molecule has 2 N–H and O–H groups in total. The van der Waals surface area contributed by atoms with Gasteiger partial charge in [0.25, 0.3) is 0 Å². The highest BCUT2D eigenvalue weighted by Crippen LogP contribution is 2.07. The summed E-state index contributed by atoms with van der Waals surface area (Å²) < 4.78 is 0. The summed E-state index contributed by atoms with van der Waals surface area (Å²) in [5.41, 5.74) is 0. The molecule has 0 aromatic heterocycles. The van der Waals surface area contributed by atoms with Gasteiger partial charge in [-0.05, 0) is 19.4 Å². The van der Waals surface area contributed by atoms with Gasteiger partial charge in [0.05, 0.1) is 0 Å². The molecule has 0 aliphatic heterocycles. The number of unbranched alkanes of at least 4 members (excludes halogenated alkanes) is 5. The number of hydrogen-bond acceptors (Lipinski definition) is 2. The quantitative estimate of drug-likeness (QED) is 0.429. The van der Waals surface area contributed by atoms with E-state index < -0.39 is 0 Å². The van der Waals surface area contributed by atoms with Crippen molar-refractivity contribution in [3.05, 3.63) is 0 Å². The van der Waals surface area contributed by atoms with Crippen LogP contribution in [0.2, 0.25) is 0 Å². The van der Waals surface area contributed by atoms with Crippen molar-refractivity contribution in [2.24, 2.45) is 0 Å². The van der Waals surface area contributed by atoms with Gasteiger partial charge in [-0.2, -0.15) is 0 Å². The Bertz CT molecular complexity index is 96.1. The molecule has 2 nitrogen and oxygen atoms in total. The van der Waals surface area contributed by atoms with Gasteiger partial charge in [-0.1, -0.05) is 46.0 Å². The largest absolute Gasteiger partial charge is 0.379 e. The molecule has 0 saturated heterocycles. The highest BCUT2D eigenvalue weighted by molar-refractivity contribution is 4.52. The fraction of sp³-hybridized carbons (Fsp3) is 1.00. The van der Waals surface area contributed by atoms with E-state index in [-0.39, 0.29) is 6.23 Å². The molecule has 0 rings (SSSR count). The van der Waals surface area contributed by atoms with E-state index in [1.807, 2.05) is 6.92 Å². The fourth-order valence-electron chi connectivity index (χ4n) is 1.46. The molecule has 0 aromatic rings. The third kappa shape index (κ3) is 9.84. The van der Waals surface area contributed by atoms with Crippen LogP contribution >= 0.6 is 0 Å². The molecule has 2 heteroatoms. The van der Waals surface area contributed by atoms with E-state index in [1.165, 1.54) is 32.1 Å². The number of rotatable bonds is 9. The maximum atomic E-state index is 9.34. The Balaban J connectivity index is 2.97. The SMILES string of the molecule is CCCCCCCCC(O)NCC. The predicted molar refractivity (Wildman–Crippen MR) is 57.7 cm³/mol. The molecule has 1 unspecified atom stereocenters. The van der Waals surface area contributed by atoms with Crippen LogP contribution in [0.25, 0.3) is 0 Å². The zero-order valence-electron chi connectivity index (χ0n) is 9.18. The minimum atomic E-state index is -0.281. The smallest absolute Gasteiger partial charge is 0.104 e. The standard InChI is InChI=1S/C11H25NO/c1-3-5-6-7-8-9-10-11(13)12-4-2/h11-13H,3-10H2,1-2H3. The average molecular weight is 187 g/mol. The molecule has 1 atom stereocenters. The maximum Gasteiger partial charge on any atom is 0.104 e. The van der Waals surface area contributed by atoms with Gasteiger partial charge in [0.2, 0.25) is 0 Å². The minimum Gasteiger partial charge on any atom is -0.379 e. The van der Waals surface area contributed by atoms with E-state index in [2.05, 4.69) is 12.2 Å². The van der Waals surface area contributed by atoms with E-state index in [9.17, 15) is 5.11 Å². The molecule has 0 aliphatic carbocycles. The lowest BCUT2D eigenvalue weighted by Crippen LogP contribution is -2.27. The molecule has 80 valence electrons.